The third-order valence-corrected chi connectivity index (χ3v) is 5.33. The molecule has 2 rings (SSSR count). The van der Waals surface area contributed by atoms with Gasteiger partial charge in [0.25, 0.3) is 0 Å². The Morgan fingerprint density at radius 1 is 1.20 bits per heavy atom. The number of sulfonamides is 1. The summed E-state index contributed by atoms with van der Waals surface area (Å²) in [4.78, 5) is 0.221. The molecule has 0 radical (unpaired) electrons. The molecule has 0 spiro atoms. The lowest BCUT2D eigenvalue weighted by atomic mass is 9.85. The van der Waals surface area contributed by atoms with Crippen LogP contribution in [0.2, 0.25) is 0 Å². The molecule has 1 aliphatic carbocycles. The molecule has 1 aromatic carbocycles. The van der Waals surface area contributed by atoms with Gasteiger partial charge in [-0.2, -0.15) is 9.98 Å². The highest BCUT2D eigenvalue weighted by atomic mass is 32.2. The van der Waals surface area contributed by atoms with E-state index in [2.05, 4.69) is 10.8 Å². The summed E-state index contributed by atoms with van der Waals surface area (Å²) >= 11 is 0. The Balaban J connectivity index is 2.13. The number of nitrogens with one attached hydrogen (secondary N) is 1. The molecule has 0 amide bonds. The van der Waals surface area contributed by atoms with Crippen LogP contribution in [0.4, 0.5) is 0 Å². The van der Waals surface area contributed by atoms with Crippen molar-refractivity contribution >= 4 is 10.0 Å². The first-order chi connectivity index (χ1) is 9.53. The zero-order valence-electron chi connectivity index (χ0n) is 11.7. The van der Waals surface area contributed by atoms with Crippen molar-refractivity contribution in [3.63, 3.8) is 0 Å². The minimum Gasteiger partial charge on any atom is -0.207 e. The van der Waals surface area contributed by atoms with Crippen molar-refractivity contribution in [3.8, 4) is 6.07 Å². The monoisotopic (exact) mass is 292 g/mol. The Kier molecular flexibility index (Phi) is 4.79. The zero-order valence-corrected chi connectivity index (χ0v) is 12.5. The molecular formula is C15H20N2O2S. The van der Waals surface area contributed by atoms with Gasteiger partial charge in [0.05, 0.1) is 11.0 Å². The Morgan fingerprint density at radius 3 is 2.35 bits per heavy atom. The summed E-state index contributed by atoms with van der Waals surface area (Å²) in [5.74, 6) is 0.133. The van der Waals surface area contributed by atoms with E-state index in [1.807, 2.05) is 6.92 Å². The van der Waals surface area contributed by atoms with E-state index >= 15 is 0 Å². The maximum absolute atomic E-state index is 12.3. The molecule has 1 saturated carbocycles. The van der Waals surface area contributed by atoms with Gasteiger partial charge in [-0.25, -0.2) is 8.42 Å². The molecule has 0 aliphatic heterocycles. The highest BCUT2D eigenvalue weighted by Crippen LogP contribution is 2.27. The highest BCUT2D eigenvalue weighted by molar-refractivity contribution is 7.89. The van der Waals surface area contributed by atoms with Crippen LogP contribution >= 0.6 is 0 Å². The molecule has 1 aliphatic rings. The fourth-order valence-corrected chi connectivity index (χ4v) is 3.86. The summed E-state index contributed by atoms with van der Waals surface area (Å²) in [6.07, 6.45) is 5.19. The van der Waals surface area contributed by atoms with Crippen molar-refractivity contribution in [2.24, 2.45) is 5.92 Å². The molecule has 5 heteroatoms. The SMILES string of the molecule is Cc1ccc(S(=O)(=O)NC(C#N)C2CCCCC2)cc1. The number of hydrogen-bond acceptors (Lipinski definition) is 3. The largest absolute Gasteiger partial charge is 0.241 e. The van der Waals surface area contributed by atoms with Crippen LogP contribution in [0.1, 0.15) is 37.7 Å². The van der Waals surface area contributed by atoms with Crippen molar-refractivity contribution in [1.29, 1.82) is 5.26 Å². The van der Waals surface area contributed by atoms with Gasteiger partial charge in [-0.1, -0.05) is 37.0 Å². The van der Waals surface area contributed by atoms with E-state index in [0.29, 0.717) is 0 Å². The van der Waals surface area contributed by atoms with E-state index in [4.69, 9.17) is 0 Å². The van der Waals surface area contributed by atoms with Crippen molar-refractivity contribution in [2.45, 2.75) is 50.0 Å². The summed E-state index contributed by atoms with van der Waals surface area (Å²) in [5.41, 5.74) is 1.01. The number of nitriles is 1. The maximum atomic E-state index is 12.3. The molecule has 1 fully saturated rings. The van der Waals surface area contributed by atoms with Gasteiger partial charge in [0.2, 0.25) is 10.0 Å². The molecule has 1 aromatic rings. The van der Waals surface area contributed by atoms with Crippen LogP contribution in [0.5, 0.6) is 0 Å². The Bertz CT molecular complexity index is 581. The predicted octanol–water partition coefficient (Wildman–Crippen LogP) is 2.75. The molecule has 0 saturated heterocycles. The molecule has 0 heterocycles. The maximum Gasteiger partial charge on any atom is 0.241 e. The van der Waals surface area contributed by atoms with Crippen LogP contribution in [0.15, 0.2) is 29.2 Å². The number of benzene rings is 1. The summed E-state index contributed by atoms with van der Waals surface area (Å²) in [6, 6.07) is 8.17. The van der Waals surface area contributed by atoms with Crippen molar-refractivity contribution < 1.29 is 8.42 Å². The molecular weight excluding hydrogens is 272 g/mol. The minimum atomic E-state index is -3.61. The Morgan fingerprint density at radius 2 is 1.80 bits per heavy atom. The zero-order chi connectivity index (χ0) is 14.6. The predicted molar refractivity (Wildman–Crippen MR) is 77.5 cm³/mol. The van der Waals surface area contributed by atoms with Crippen LogP contribution in [0.3, 0.4) is 0 Å². The average Bonchev–Trinajstić information content (AvgIpc) is 2.46. The van der Waals surface area contributed by atoms with E-state index in [-0.39, 0.29) is 10.8 Å². The van der Waals surface area contributed by atoms with Gasteiger partial charge >= 0.3 is 0 Å². The number of aryl methyl sites for hydroxylation is 1. The fourth-order valence-electron chi connectivity index (χ4n) is 2.65. The van der Waals surface area contributed by atoms with Gasteiger partial charge in [0.15, 0.2) is 0 Å². The normalized spacial score (nSPS) is 18.4. The summed E-state index contributed by atoms with van der Waals surface area (Å²) in [7, 11) is -3.61. The minimum absolute atomic E-state index is 0.133. The van der Waals surface area contributed by atoms with Gasteiger partial charge < -0.3 is 0 Å². The van der Waals surface area contributed by atoms with E-state index in [1.165, 1.54) is 6.42 Å². The van der Waals surface area contributed by atoms with Crippen LogP contribution in [-0.2, 0) is 10.0 Å². The first kappa shape index (κ1) is 15.0. The molecule has 1 unspecified atom stereocenters. The highest BCUT2D eigenvalue weighted by Gasteiger charge is 2.28. The number of hydrogen-bond donors (Lipinski definition) is 1. The van der Waals surface area contributed by atoms with Crippen molar-refractivity contribution in [3.05, 3.63) is 29.8 Å². The van der Waals surface area contributed by atoms with Crippen molar-refractivity contribution in [2.75, 3.05) is 0 Å². The quantitative estimate of drug-likeness (QED) is 0.927. The number of rotatable bonds is 4. The summed E-state index contributed by atoms with van der Waals surface area (Å²) in [5, 5.41) is 9.26. The van der Waals surface area contributed by atoms with E-state index < -0.39 is 16.1 Å². The molecule has 0 aromatic heterocycles. The topological polar surface area (TPSA) is 70.0 Å². The molecule has 4 nitrogen and oxygen atoms in total. The Hall–Kier alpha value is -1.38. The molecule has 1 N–H and O–H groups in total. The second-order valence-electron chi connectivity index (χ2n) is 5.44. The molecule has 1 atom stereocenters. The first-order valence-electron chi connectivity index (χ1n) is 7.01. The van der Waals surface area contributed by atoms with Gasteiger partial charge in [-0.3, -0.25) is 0 Å². The van der Waals surface area contributed by atoms with E-state index in [1.54, 1.807) is 24.3 Å². The van der Waals surface area contributed by atoms with Crippen LogP contribution < -0.4 is 4.72 Å². The smallest absolute Gasteiger partial charge is 0.207 e. The third-order valence-electron chi connectivity index (χ3n) is 3.87. The standard InChI is InChI=1S/C15H20N2O2S/c1-12-7-9-14(10-8-12)20(18,19)17-15(11-16)13-5-3-2-4-6-13/h7-10,13,15,17H,2-6H2,1H3. The molecule has 20 heavy (non-hydrogen) atoms. The van der Waals surface area contributed by atoms with Gasteiger partial charge in [-0.15, -0.1) is 0 Å². The third kappa shape index (κ3) is 3.59. The number of nitrogens with zero attached hydrogens (tertiary/aromatic N) is 1. The molecule has 0 bridgehead atoms. The van der Waals surface area contributed by atoms with Crippen LogP contribution in [0.25, 0.3) is 0 Å². The van der Waals surface area contributed by atoms with Crippen LogP contribution in [-0.4, -0.2) is 14.5 Å². The van der Waals surface area contributed by atoms with E-state index in [9.17, 15) is 13.7 Å². The first-order valence-corrected chi connectivity index (χ1v) is 8.50. The lowest BCUT2D eigenvalue weighted by Gasteiger charge is -2.26. The summed E-state index contributed by atoms with van der Waals surface area (Å²) < 4.78 is 27.1. The average molecular weight is 292 g/mol. The fraction of sp³-hybridized carbons (Fsp3) is 0.533. The van der Waals surface area contributed by atoms with Crippen molar-refractivity contribution in [1.82, 2.24) is 4.72 Å². The van der Waals surface area contributed by atoms with Gasteiger partial charge in [-0.05, 0) is 37.8 Å². The second-order valence-corrected chi connectivity index (χ2v) is 7.15. The van der Waals surface area contributed by atoms with E-state index in [0.717, 1.165) is 31.2 Å². The van der Waals surface area contributed by atoms with Gasteiger partial charge in [0, 0.05) is 0 Å². The lowest BCUT2D eigenvalue weighted by Crippen LogP contribution is -2.40. The second kappa shape index (κ2) is 6.38. The lowest BCUT2D eigenvalue weighted by molar-refractivity contribution is 0.324. The summed E-state index contributed by atoms with van der Waals surface area (Å²) in [6.45, 7) is 1.91. The molecule has 108 valence electrons. The van der Waals surface area contributed by atoms with Gasteiger partial charge in [0.1, 0.15) is 6.04 Å². The van der Waals surface area contributed by atoms with Crippen LogP contribution in [0, 0.1) is 24.2 Å². The Labute approximate surface area is 120 Å².